The largest absolute Gasteiger partial charge is 0.489 e. The van der Waals surface area contributed by atoms with Crippen LogP contribution in [-0.2, 0) is 0 Å². The van der Waals surface area contributed by atoms with Gasteiger partial charge in [-0.25, -0.2) is 4.39 Å². The molecule has 0 aromatic heterocycles. The SMILES string of the molecule is CCC(CNC(C)C)Oc1ccc(F)cc1. The summed E-state index contributed by atoms with van der Waals surface area (Å²) in [5.41, 5.74) is 0. The monoisotopic (exact) mass is 225 g/mol. The van der Waals surface area contributed by atoms with Crippen molar-refractivity contribution in [3.63, 3.8) is 0 Å². The van der Waals surface area contributed by atoms with E-state index in [1.54, 1.807) is 12.1 Å². The first-order valence-corrected chi connectivity index (χ1v) is 5.77. The second kappa shape index (κ2) is 6.48. The van der Waals surface area contributed by atoms with Gasteiger partial charge in [0.1, 0.15) is 17.7 Å². The van der Waals surface area contributed by atoms with Crippen molar-refractivity contribution < 1.29 is 9.13 Å². The Kier molecular flexibility index (Phi) is 5.26. The topological polar surface area (TPSA) is 21.3 Å². The van der Waals surface area contributed by atoms with Gasteiger partial charge in [-0.3, -0.25) is 0 Å². The van der Waals surface area contributed by atoms with Gasteiger partial charge in [-0.2, -0.15) is 0 Å². The van der Waals surface area contributed by atoms with Gasteiger partial charge in [0.25, 0.3) is 0 Å². The molecular formula is C13H20FNO. The maximum absolute atomic E-state index is 12.7. The van der Waals surface area contributed by atoms with E-state index in [9.17, 15) is 4.39 Å². The predicted molar refractivity (Wildman–Crippen MR) is 64.2 cm³/mol. The third-order valence-electron chi connectivity index (χ3n) is 2.33. The molecule has 1 N–H and O–H groups in total. The third-order valence-corrected chi connectivity index (χ3v) is 2.33. The lowest BCUT2D eigenvalue weighted by Crippen LogP contribution is -2.34. The van der Waals surface area contributed by atoms with Crippen molar-refractivity contribution in [3.05, 3.63) is 30.1 Å². The van der Waals surface area contributed by atoms with Gasteiger partial charge in [-0.1, -0.05) is 20.8 Å². The molecule has 0 aliphatic heterocycles. The predicted octanol–water partition coefficient (Wildman–Crippen LogP) is 2.98. The zero-order valence-electron chi connectivity index (χ0n) is 10.2. The first-order valence-electron chi connectivity index (χ1n) is 5.77. The molecule has 0 bridgehead atoms. The second-order valence-corrected chi connectivity index (χ2v) is 4.16. The van der Waals surface area contributed by atoms with Gasteiger partial charge in [0.2, 0.25) is 0 Å². The minimum absolute atomic E-state index is 0.132. The summed E-state index contributed by atoms with van der Waals surface area (Å²) >= 11 is 0. The maximum Gasteiger partial charge on any atom is 0.123 e. The highest BCUT2D eigenvalue weighted by atomic mass is 19.1. The first kappa shape index (κ1) is 13.0. The van der Waals surface area contributed by atoms with Crippen LogP contribution < -0.4 is 10.1 Å². The number of hydrogen-bond donors (Lipinski definition) is 1. The van der Waals surface area contributed by atoms with Crippen LogP contribution in [0.5, 0.6) is 5.75 Å². The van der Waals surface area contributed by atoms with Crippen LogP contribution in [0, 0.1) is 5.82 Å². The molecule has 90 valence electrons. The Balaban J connectivity index is 2.46. The van der Waals surface area contributed by atoms with Crippen LogP contribution >= 0.6 is 0 Å². The van der Waals surface area contributed by atoms with Gasteiger partial charge in [-0.15, -0.1) is 0 Å². The zero-order valence-corrected chi connectivity index (χ0v) is 10.2. The van der Waals surface area contributed by atoms with Crippen LogP contribution in [0.25, 0.3) is 0 Å². The van der Waals surface area contributed by atoms with Gasteiger partial charge in [0.15, 0.2) is 0 Å². The molecule has 1 unspecified atom stereocenters. The van der Waals surface area contributed by atoms with Crippen molar-refractivity contribution in [3.8, 4) is 5.75 Å². The van der Waals surface area contributed by atoms with Crippen molar-refractivity contribution in [1.82, 2.24) is 5.32 Å². The summed E-state index contributed by atoms with van der Waals surface area (Å²) in [5.74, 6) is 0.486. The lowest BCUT2D eigenvalue weighted by molar-refractivity contribution is 0.190. The van der Waals surface area contributed by atoms with Crippen LogP contribution in [0.15, 0.2) is 24.3 Å². The molecular weight excluding hydrogens is 205 g/mol. The number of ether oxygens (including phenoxy) is 1. The van der Waals surface area contributed by atoms with Gasteiger partial charge < -0.3 is 10.1 Å². The van der Waals surface area contributed by atoms with Crippen LogP contribution in [0.3, 0.4) is 0 Å². The Morgan fingerprint density at radius 2 is 1.88 bits per heavy atom. The van der Waals surface area contributed by atoms with E-state index >= 15 is 0 Å². The molecule has 2 nitrogen and oxygen atoms in total. The number of hydrogen-bond acceptors (Lipinski definition) is 2. The summed E-state index contributed by atoms with van der Waals surface area (Å²) in [4.78, 5) is 0. The van der Waals surface area contributed by atoms with Crippen LogP contribution in [-0.4, -0.2) is 18.7 Å². The van der Waals surface area contributed by atoms with Crippen molar-refractivity contribution in [2.45, 2.75) is 39.3 Å². The minimum Gasteiger partial charge on any atom is -0.489 e. The van der Waals surface area contributed by atoms with Crippen LogP contribution in [0.2, 0.25) is 0 Å². The summed E-state index contributed by atoms with van der Waals surface area (Å²) in [6.07, 6.45) is 1.06. The molecule has 0 fully saturated rings. The second-order valence-electron chi connectivity index (χ2n) is 4.16. The Hall–Kier alpha value is -1.09. The molecule has 0 amide bonds. The molecule has 0 aliphatic rings. The fourth-order valence-corrected chi connectivity index (χ4v) is 1.34. The number of nitrogens with one attached hydrogen (secondary N) is 1. The standard InChI is InChI=1S/C13H20FNO/c1-4-12(9-15-10(2)3)16-13-7-5-11(14)6-8-13/h5-8,10,12,15H,4,9H2,1-3H3. The Bertz CT molecular complexity index is 297. The van der Waals surface area contributed by atoms with E-state index in [2.05, 4.69) is 26.1 Å². The van der Waals surface area contributed by atoms with E-state index in [0.717, 1.165) is 18.7 Å². The smallest absolute Gasteiger partial charge is 0.123 e. The van der Waals surface area contributed by atoms with E-state index in [-0.39, 0.29) is 11.9 Å². The highest BCUT2D eigenvalue weighted by Gasteiger charge is 2.08. The normalized spacial score (nSPS) is 12.8. The summed E-state index contributed by atoms with van der Waals surface area (Å²) < 4.78 is 18.4. The van der Waals surface area contributed by atoms with Crippen molar-refractivity contribution in [1.29, 1.82) is 0 Å². The molecule has 0 radical (unpaired) electrons. The number of rotatable bonds is 6. The van der Waals surface area contributed by atoms with Crippen molar-refractivity contribution in [2.75, 3.05) is 6.54 Å². The van der Waals surface area contributed by atoms with Crippen LogP contribution in [0.4, 0.5) is 4.39 Å². The van der Waals surface area contributed by atoms with E-state index in [4.69, 9.17) is 4.74 Å². The molecule has 0 spiro atoms. The van der Waals surface area contributed by atoms with E-state index in [0.29, 0.717) is 6.04 Å². The highest BCUT2D eigenvalue weighted by Crippen LogP contribution is 2.14. The summed E-state index contributed by atoms with van der Waals surface area (Å²) in [6.45, 7) is 7.09. The first-order chi connectivity index (χ1) is 7.61. The molecule has 16 heavy (non-hydrogen) atoms. The van der Waals surface area contributed by atoms with Gasteiger partial charge in [-0.05, 0) is 30.7 Å². The Labute approximate surface area is 96.8 Å². The van der Waals surface area contributed by atoms with Crippen molar-refractivity contribution in [2.24, 2.45) is 0 Å². The van der Waals surface area contributed by atoms with Gasteiger partial charge in [0, 0.05) is 12.6 Å². The zero-order chi connectivity index (χ0) is 12.0. The summed E-state index contributed by atoms with van der Waals surface area (Å²) in [6, 6.07) is 6.60. The third kappa shape index (κ3) is 4.62. The number of benzene rings is 1. The molecule has 1 atom stereocenters. The highest BCUT2D eigenvalue weighted by molar-refractivity contribution is 5.22. The average Bonchev–Trinajstić information content (AvgIpc) is 2.26. The quantitative estimate of drug-likeness (QED) is 0.803. The lowest BCUT2D eigenvalue weighted by Gasteiger charge is -2.19. The fourth-order valence-electron chi connectivity index (χ4n) is 1.34. The molecule has 0 saturated carbocycles. The van der Waals surface area contributed by atoms with Crippen molar-refractivity contribution >= 4 is 0 Å². The molecule has 0 heterocycles. The number of halogens is 1. The molecule has 1 aromatic carbocycles. The molecule has 1 aromatic rings. The Morgan fingerprint density at radius 3 is 2.38 bits per heavy atom. The van der Waals surface area contributed by atoms with E-state index in [1.807, 2.05) is 0 Å². The van der Waals surface area contributed by atoms with E-state index < -0.39 is 0 Å². The van der Waals surface area contributed by atoms with Gasteiger partial charge >= 0.3 is 0 Å². The molecule has 1 rings (SSSR count). The maximum atomic E-state index is 12.7. The van der Waals surface area contributed by atoms with Gasteiger partial charge in [0.05, 0.1) is 0 Å². The molecule has 0 saturated heterocycles. The summed E-state index contributed by atoms with van der Waals surface area (Å²) in [7, 11) is 0. The van der Waals surface area contributed by atoms with Crippen LogP contribution in [0.1, 0.15) is 27.2 Å². The lowest BCUT2D eigenvalue weighted by atomic mass is 10.2. The van der Waals surface area contributed by atoms with E-state index in [1.165, 1.54) is 12.1 Å². The summed E-state index contributed by atoms with van der Waals surface area (Å²) in [5, 5.41) is 3.33. The minimum atomic E-state index is -0.235. The fraction of sp³-hybridized carbons (Fsp3) is 0.538. The molecule has 3 heteroatoms. The average molecular weight is 225 g/mol. The Morgan fingerprint density at radius 1 is 1.25 bits per heavy atom. The molecule has 0 aliphatic carbocycles.